The van der Waals surface area contributed by atoms with Crippen LogP contribution in [0.5, 0.6) is 0 Å². The molecule has 0 unspecified atom stereocenters. The van der Waals surface area contributed by atoms with Gasteiger partial charge in [0, 0.05) is 5.39 Å². The number of hydrogen-bond donors (Lipinski definition) is 1. The van der Waals surface area contributed by atoms with Crippen LogP contribution in [0.3, 0.4) is 0 Å². The molecule has 2 rings (SSSR count). The molecule has 0 atom stereocenters. The second kappa shape index (κ2) is 5.17. The number of para-hydroxylation sites is 1. The van der Waals surface area contributed by atoms with E-state index in [1.165, 1.54) is 0 Å². The van der Waals surface area contributed by atoms with Gasteiger partial charge in [-0.25, -0.2) is 9.78 Å². The molecule has 2 aromatic rings. The second-order valence-corrected chi connectivity index (χ2v) is 5.18. The van der Waals surface area contributed by atoms with Gasteiger partial charge < -0.3 is 5.11 Å². The number of halogens is 1. The summed E-state index contributed by atoms with van der Waals surface area (Å²) in [5.74, 6) is -0.953. The molecule has 0 saturated carbocycles. The average Bonchev–Trinajstić information content (AvgIpc) is 2.35. The second-order valence-electron chi connectivity index (χ2n) is 4.82. The van der Waals surface area contributed by atoms with Crippen LogP contribution in [0.4, 0.5) is 0 Å². The summed E-state index contributed by atoms with van der Waals surface area (Å²) in [7, 11) is 0. The minimum Gasteiger partial charge on any atom is -0.478 e. The van der Waals surface area contributed by atoms with Crippen LogP contribution in [-0.4, -0.2) is 16.1 Å². The zero-order valence-corrected chi connectivity index (χ0v) is 12.0. The quantitative estimate of drug-likeness (QED) is 0.852. The smallest absolute Gasteiger partial charge is 0.339 e. The van der Waals surface area contributed by atoms with Gasteiger partial charge in [0.2, 0.25) is 0 Å². The normalized spacial score (nSPS) is 11.2. The lowest BCUT2D eigenvalue weighted by molar-refractivity contribution is 0.0695. The lowest BCUT2D eigenvalue weighted by Gasteiger charge is -2.16. The molecule has 0 aliphatic rings. The van der Waals surface area contributed by atoms with E-state index in [9.17, 15) is 9.90 Å². The van der Waals surface area contributed by atoms with E-state index in [0.717, 1.165) is 28.5 Å². The Kier molecular flexibility index (Phi) is 3.76. The van der Waals surface area contributed by atoms with E-state index < -0.39 is 5.97 Å². The van der Waals surface area contributed by atoms with E-state index in [-0.39, 0.29) is 16.6 Å². The van der Waals surface area contributed by atoms with Gasteiger partial charge >= 0.3 is 5.97 Å². The highest BCUT2D eigenvalue weighted by atomic mass is 35.5. The van der Waals surface area contributed by atoms with E-state index in [4.69, 9.17) is 11.6 Å². The van der Waals surface area contributed by atoms with Crippen LogP contribution in [0.2, 0.25) is 5.15 Å². The van der Waals surface area contributed by atoms with Crippen LogP contribution in [0.15, 0.2) is 18.2 Å². The van der Waals surface area contributed by atoms with E-state index >= 15 is 0 Å². The van der Waals surface area contributed by atoms with Gasteiger partial charge in [-0.3, -0.25) is 0 Å². The van der Waals surface area contributed by atoms with Crippen molar-refractivity contribution in [2.75, 3.05) is 0 Å². The number of carboxylic acids is 1. The predicted molar refractivity (Wildman–Crippen MR) is 77.2 cm³/mol. The summed E-state index contributed by atoms with van der Waals surface area (Å²) < 4.78 is 0. The summed E-state index contributed by atoms with van der Waals surface area (Å²) in [6.45, 7) is 5.98. The Morgan fingerprint density at radius 2 is 2.11 bits per heavy atom. The predicted octanol–water partition coefficient (Wildman–Crippen LogP) is 4.27. The van der Waals surface area contributed by atoms with Crippen molar-refractivity contribution in [3.05, 3.63) is 40.0 Å². The third-order valence-corrected chi connectivity index (χ3v) is 3.54. The number of carboxylic acid groups (broad SMARTS) is 1. The fraction of sp³-hybridized carbons (Fsp3) is 0.333. The van der Waals surface area contributed by atoms with Gasteiger partial charge in [0.15, 0.2) is 0 Å². The minimum atomic E-state index is -1.02. The van der Waals surface area contributed by atoms with Crippen LogP contribution >= 0.6 is 11.6 Å². The molecule has 0 aliphatic carbocycles. The average molecular weight is 278 g/mol. The summed E-state index contributed by atoms with van der Waals surface area (Å²) in [6.07, 6.45) is 0.838. The Hall–Kier alpha value is -1.61. The molecule has 1 heterocycles. The molecular weight excluding hydrogens is 262 g/mol. The number of nitrogens with zero attached hydrogens (tertiary/aromatic N) is 1. The van der Waals surface area contributed by atoms with Crippen LogP contribution in [-0.2, 0) is 6.42 Å². The highest BCUT2D eigenvalue weighted by Crippen LogP contribution is 2.33. The fourth-order valence-electron chi connectivity index (χ4n) is 2.43. The zero-order chi connectivity index (χ0) is 14.2. The molecular formula is C15H16ClNO2. The Bertz CT molecular complexity index is 650. The molecule has 0 spiro atoms. The van der Waals surface area contributed by atoms with E-state index in [2.05, 4.69) is 4.98 Å². The largest absolute Gasteiger partial charge is 0.478 e. The molecule has 0 fully saturated rings. The maximum Gasteiger partial charge on any atom is 0.339 e. The first-order valence-corrected chi connectivity index (χ1v) is 6.69. The van der Waals surface area contributed by atoms with Crippen molar-refractivity contribution in [3.63, 3.8) is 0 Å². The van der Waals surface area contributed by atoms with Crippen molar-refractivity contribution in [3.8, 4) is 0 Å². The van der Waals surface area contributed by atoms with Gasteiger partial charge in [0.25, 0.3) is 0 Å². The number of benzene rings is 1. The molecule has 0 radical (unpaired) electrons. The van der Waals surface area contributed by atoms with Gasteiger partial charge in [-0.15, -0.1) is 0 Å². The van der Waals surface area contributed by atoms with Crippen molar-refractivity contribution in [2.45, 2.75) is 33.1 Å². The molecule has 3 nitrogen and oxygen atoms in total. The number of aryl methyl sites for hydroxylation is 1. The summed E-state index contributed by atoms with van der Waals surface area (Å²) in [4.78, 5) is 15.7. The summed E-state index contributed by atoms with van der Waals surface area (Å²) in [5.41, 5.74) is 2.78. The number of aromatic carboxylic acids is 1. The number of aromatic nitrogens is 1. The van der Waals surface area contributed by atoms with Gasteiger partial charge in [-0.05, 0) is 23.5 Å². The standard InChI is InChI=1S/C15H16ClNO2/c1-4-9-6-5-7-10-11(8(2)3)12(15(18)19)14(16)17-13(9)10/h5-8H,4H2,1-3H3,(H,18,19). The maximum absolute atomic E-state index is 11.4. The minimum absolute atomic E-state index is 0.0706. The summed E-state index contributed by atoms with van der Waals surface area (Å²) in [5, 5.41) is 10.3. The Balaban J connectivity index is 2.96. The van der Waals surface area contributed by atoms with Gasteiger partial charge in [-0.1, -0.05) is 50.6 Å². The van der Waals surface area contributed by atoms with Crippen LogP contribution in [0.25, 0.3) is 10.9 Å². The van der Waals surface area contributed by atoms with Crippen molar-refractivity contribution >= 4 is 28.5 Å². The topological polar surface area (TPSA) is 50.2 Å². The molecule has 100 valence electrons. The van der Waals surface area contributed by atoms with Crippen molar-refractivity contribution in [2.24, 2.45) is 0 Å². The van der Waals surface area contributed by atoms with Crippen molar-refractivity contribution in [1.29, 1.82) is 0 Å². The first-order chi connectivity index (χ1) is 8.97. The third kappa shape index (κ3) is 2.30. The molecule has 19 heavy (non-hydrogen) atoms. The molecule has 0 bridgehead atoms. The van der Waals surface area contributed by atoms with Crippen molar-refractivity contribution < 1.29 is 9.90 Å². The molecule has 1 aromatic carbocycles. The fourth-order valence-corrected chi connectivity index (χ4v) is 2.70. The summed E-state index contributed by atoms with van der Waals surface area (Å²) in [6, 6.07) is 5.85. The number of pyridine rings is 1. The monoisotopic (exact) mass is 277 g/mol. The van der Waals surface area contributed by atoms with Crippen LogP contribution in [0, 0.1) is 0 Å². The highest BCUT2D eigenvalue weighted by molar-refractivity contribution is 6.33. The van der Waals surface area contributed by atoms with Gasteiger partial charge in [-0.2, -0.15) is 0 Å². The van der Waals surface area contributed by atoms with Crippen molar-refractivity contribution in [1.82, 2.24) is 4.98 Å². The Morgan fingerprint density at radius 1 is 1.42 bits per heavy atom. The van der Waals surface area contributed by atoms with Gasteiger partial charge in [0.1, 0.15) is 10.7 Å². The Labute approximate surface area is 117 Å². The lowest BCUT2D eigenvalue weighted by Crippen LogP contribution is -2.08. The summed E-state index contributed by atoms with van der Waals surface area (Å²) >= 11 is 6.08. The Morgan fingerprint density at radius 3 is 2.63 bits per heavy atom. The van der Waals surface area contributed by atoms with Gasteiger partial charge in [0.05, 0.1) is 5.52 Å². The molecule has 0 aliphatic heterocycles. The third-order valence-electron chi connectivity index (χ3n) is 3.27. The number of fused-ring (bicyclic) bond motifs is 1. The SMILES string of the molecule is CCc1cccc2c(C(C)C)c(C(=O)O)c(Cl)nc12. The first-order valence-electron chi connectivity index (χ1n) is 6.31. The van der Waals surface area contributed by atoms with E-state index in [0.29, 0.717) is 0 Å². The maximum atomic E-state index is 11.4. The lowest BCUT2D eigenvalue weighted by atomic mass is 9.92. The van der Waals surface area contributed by atoms with Crippen LogP contribution in [0.1, 0.15) is 48.2 Å². The molecule has 1 aromatic heterocycles. The molecule has 0 amide bonds. The number of hydrogen-bond acceptors (Lipinski definition) is 2. The number of carbonyl (C=O) groups is 1. The highest BCUT2D eigenvalue weighted by Gasteiger charge is 2.22. The number of rotatable bonds is 3. The van der Waals surface area contributed by atoms with Crippen LogP contribution < -0.4 is 0 Å². The molecule has 4 heteroatoms. The molecule has 1 N–H and O–H groups in total. The zero-order valence-electron chi connectivity index (χ0n) is 11.2. The molecule has 0 saturated heterocycles. The van der Waals surface area contributed by atoms with E-state index in [1.807, 2.05) is 39.0 Å². The first kappa shape index (κ1) is 13.8. The van der Waals surface area contributed by atoms with E-state index in [1.54, 1.807) is 0 Å².